The van der Waals surface area contributed by atoms with Crippen LogP contribution in [0.15, 0.2) is 53.7 Å². The van der Waals surface area contributed by atoms with Crippen molar-refractivity contribution in [3.8, 4) is 17.2 Å². The summed E-state index contributed by atoms with van der Waals surface area (Å²) < 4.78 is 52.4. The van der Waals surface area contributed by atoms with Crippen LogP contribution >= 0.6 is 0 Å². The van der Waals surface area contributed by atoms with E-state index in [1.807, 2.05) is 6.07 Å². The van der Waals surface area contributed by atoms with Crippen LogP contribution in [-0.2, 0) is 6.18 Å². The molecule has 2 heterocycles. The molecular weight excluding hydrogens is 454 g/mol. The van der Waals surface area contributed by atoms with Crippen LogP contribution in [0.4, 0.5) is 23.2 Å². The summed E-state index contributed by atoms with van der Waals surface area (Å²) in [5, 5.41) is 23.8. The van der Waals surface area contributed by atoms with Crippen molar-refractivity contribution < 1.29 is 17.6 Å². The van der Waals surface area contributed by atoms with Crippen LogP contribution in [-0.4, -0.2) is 20.8 Å². The number of allylic oxidation sites excluding steroid dienone is 1. The Balaban J connectivity index is 2.07. The van der Waals surface area contributed by atoms with Crippen molar-refractivity contribution in [3.05, 3.63) is 77.1 Å². The number of hydrogen-bond donors (Lipinski definition) is 5. The lowest BCUT2D eigenvalue weighted by molar-refractivity contribution is -0.144. The van der Waals surface area contributed by atoms with Gasteiger partial charge in [0.05, 0.1) is 22.6 Å². The molecule has 3 aromatic rings. The van der Waals surface area contributed by atoms with E-state index in [4.69, 9.17) is 16.7 Å². The number of nitrogens with one attached hydrogen (secondary N) is 4. The number of alkyl halides is 3. The number of para-hydroxylation sites is 1. The SMILES string of the molecule is CC(/C(=C/Nc1ccccc1F)N=N)c1[nH]c(C(=N)N)c(-c2cnc(C(F)(F)F)nc2)c1C#N. The molecule has 6 N–H and O–H groups in total. The molecule has 13 heteroatoms. The zero-order valence-electron chi connectivity index (χ0n) is 17.5. The second-order valence-electron chi connectivity index (χ2n) is 7.01. The van der Waals surface area contributed by atoms with E-state index < -0.39 is 29.6 Å². The molecule has 0 aliphatic heterocycles. The number of nitrogens with two attached hydrogens (primary N) is 1. The molecule has 1 atom stereocenters. The predicted molar refractivity (Wildman–Crippen MR) is 114 cm³/mol. The number of anilines is 1. The molecule has 2 aromatic heterocycles. The van der Waals surface area contributed by atoms with Crippen LogP contribution < -0.4 is 11.1 Å². The van der Waals surface area contributed by atoms with Crippen molar-refractivity contribution in [2.24, 2.45) is 10.8 Å². The molecular formula is C21H17F4N9. The third-order valence-electron chi connectivity index (χ3n) is 4.86. The zero-order chi connectivity index (χ0) is 25.0. The van der Waals surface area contributed by atoms with Gasteiger partial charge in [-0.2, -0.15) is 23.5 Å². The Hall–Kier alpha value is -4.60. The predicted octanol–water partition coefficient (Wildman–Crippen LogP) is 4.87. The lowest BCUT2D eigenvalue weighted by Crippen LogP contribution is -2.14. The number of nitrogen functional groups attached to an aromatic ring is 1. The van der Waals surface area contributed by atoms with Gasteiger partial charge in [-0.1, -0.05) is 19.1 Å². The van der Waals surface area contributed by atoms with E-state index >= 15 is 0 Å². The van der Waals surface area contributed by atoms with Gasteiger partial charge in [0.2, 0.25) is 5.82 Å². The minimum atomic E-state index is -4.75. The third-order valence-corrected chi connectivity index (χ3v) is 4.86. The third kappa shape index (κ3) is 4.75. The molecule has 0 radical (unpaired) electrons. The highest BCUT2D eigenvalue weighted by molar-refractivity contribution is 6.01. The van der Waals surface area contributed by atoms with Crippen molar-refractivity contribution >= 4 is 11.5 Å². The van der Waals surface area contributed by atoms with Crippen LogP contribution in [0.2, 0.25) is 0 Å². The highest BCUT2D eigenvalue weighted by atomic mass is 19.4. The Morgan fingerprint density at radius 2 is 1.94 bits per heavy atom. The fraction of sp³-hybridized carbons (Fsp3) is 0.143. The number of amidine groups is 1. The second kappa shape index (κ2) is 9.49. The van der Waals surface area contributed by atoms with E-state index in [1.165, 1.54) is 24.4 Å². The molecule has 0 bridgehead atoms. The van der Waals surface area contributed by atoms with E-state index in [2.05, 4.69) is 25.4 Å². The summed E-state index contributed by atoms with van der Waals surface area (Å²) >= 11 is 0. The molecule has 1 aromatic carbocycles. The fourth-order valence-corrected chi connectivity index (χ4v) is 3.19. The number of hydrogen-bond acceptors (Lipinski definition) is 7. The average Bonchev–Trinajstić information content (AvgIpc) is 3.20. The minimum absolute atomic E-state index is 0.0299. The Bertz CT molecular complexity index is 1300. The molecule has 0 spiro atoms. The first kappa shape index (κ1) is 24.1. The number of nitriles is 1. The lowest BCUT2D eigenvalue weighted by atomic mass is 9.96. The standard InChI is InChI=1S/C21H17F4N9/c1-10(15(34-29)9-30-14-5-3-2-4-13(14)22)17-12(6-26)16(18(33-17)19(27)28)11-7-31-20(32-8-11)21(23,24)25/h2-5,7-10,29-30,33H,1H3,(H3,27,28)/b15-9-,34-29?. The summed E-state index contributed by atoms with van der Waals surface area (Å²) in [4.78, 5) is 9.44. The molecule has 3 rings (SSSR count). The van der Waals surface area contributed by atoms with Gasteiger partial charge in [-0.25, -0.2) is 19.9 Å². The maximum Gasteiger partial charge on any atom is 0.451 e. The van der Waals surface area contributed by atoms with E-state index in [-0.39, 0.29) is 39.5 Å². The van der Waals surface area contributed by atoms with Gasteiger partial charge < -0.3 is 16.0 Å². The summed E-state index contributed by atoms with van der Waals surface area (Å²) in [5.41, 5.74) is 13.6. The van der Waals surface area contributed by atoms with Crippen molar-refractivity contribution in [1.29, 1.82) is 16.2 Å². The first-order chi connectivity index (χ1) is 16.1. The summed E-state index contributed by atoms with van der Waals surface area (Å²) in [7, 11) is 0. The Labute approximate surface area is 190 Å². The zero-order valence-corrected chi connectivity index (χ0v) is 17.5. The van der Waals surface area contributed by atoms with Crippen LogP contribution in [0.25, 0.3) is 11.1 Å². The van der Waals surface area contributed by atoms with Gasteiger partial charge in [-0.3, -0.25) is 5.41 Å². The number of halogens is 4. The minimum Gasteiger partial charge on any atom is -0.382 e. The van der Waals surface area contributed by atoms with Gasteiger partial charge in [-0.15, -0.1) is 0 Å². The number of nitrogens with zero attached hydrogens (tertiary/aromatic N) is 4. The molecule has 0 amide bonds. The Kier molecular flexibility index (Phi) is 6.71. The Morgan fingerprint density at radius 1 is 1.29 bits per heavy atom. The molecule has 0 aliphatic rings. The van der Waals surface area contributed by atoms with Crippen LogP contribution in [0.1, 0.15) is 35.6 Å². The largest absolute Gasteiger partial charge is 0.451 e. The van der Waals surface area contributed by atoms with Gasteiger partial charge in [0.1, 0.15) is 17.7 Å². The summed E-state index contributed by atoms with van der Waals surface area (Å²) in [5.74, 6) is -3.13. The van der Waals surface area contributed by atoms with E-state index in [1.54, 1.807) is 13.0 Å². The number of benzene rings is 1. The van der Waals surface area contributed by atoms with E-state index in [0.29, 0.717) is 0 Å². The van der Waals surface area contributed by atoms with Gasteiger partial charge in [0.15, 0.2) is 0 Å². The van der Waals surface area contributed by atoms with E-state index in [0.717, 1.165) is 12.4 Å². The summed E-state index contributed by atoms with van der Waals surface area (Å²) in [6.07, 6.45) is -1.71. The Morgan fingerprint density at radius 3 is 2.47 bits per heavy atom. The fourth-order valence-electron chi connectivity index (χ4n) is 3.19. The average molecular weight is 471 g/mol. The number of rotatable bonds is 7. The van der Waals surface area contributed by atoms with Gasteiger partial charge in [-0.05, 0) is 12.1 Å². The lowest BCUT2D eigenvalue weighted by Gasteiger charge is -2.12. The normalized spacial score (nSPS) is 12.6. The molecule has 0 saturated heterocycles. The molecule has 0 fully saturated rings. The maximum absolute atomic E-state index is 13.9. The van der Waals surface area contributed by atoms with Gasteiger partial charge in [0.25, 0.3) is 0 Å². The first-order valence-electron chi connectivity index (χ1n) is 9.57. The molecule has 0 saturated carbocycles. The molecule has 9 nitrogen and oxygen atoms in total. The first-order valence-corrected chi connectivity index (χ1v) is 9.57. The molecule has 0 aliphatic carbocycles. The highest BCUT2D eigenvalue weighted by Crippen LogP contribution is 2.36. The quantitative estimate of drug-likeness (QED) is 0.143. The topological polar surface area (TPSA) is 163 Å². The van der Waals surface area contributed by atoms with Crippen LogP contribution in [0, 0.1) is 28.1 Å². The summed E-state index contributed by atoms with van der Waals surface area (Å²) in [6, 6.07) is 7.79. The van der Waals surface area contributed by atoms with E-state index in [9.17, 15) is 22.8 Å². The molecule has 34 heavy (non-hydrogen) atoms. The maximum atomic E-state index is 13.9. The molecule has 1 unspecified atom stereocenters. The van der Waals surface area contributed by atoms with Crippen molar-refractivity contribution in [1.82, 2.24) is 15.0 Å². The number of aromatic nitrogens is 3. The number of H-pyrrole nitrogens is 1. The summed E-state index contributed by atoms with van der Waals surface area (Å²) in [6.45, 7) is 1.59. The van der Waals surface area contributed by atoms with Crippen molar-refractivity contribution in [2.45, 2.75) is 19.0 Å². The monoisotopic (exact) mass is 471 g/mol. The highest BCUT2D eigenvalue weighted by Gasteiger charge is 2.35. The van der Waals surface area contributed by atoms with Gasteiger partial charge >= 0.3 is 6.18 Å². The van der Waals surface area contributed by atoms with Gasteiger partial charge in [0, 0.05) is 41.3 Å². The van der Waals surface area contributed by atoms with Crippen LogP contribution in [0.5, 0.6) is 0 Å². The molecule has 174 valence electrons. The smallest absolute Gasteiger partial charge is 0.382 e. The van der Waals surface area contributed by atoms with Crippen molar-refractivity contribution in [2.75, 3.05) is 5.32 Å². The van der Waals surface area contributed by atoms with Crippen molar-refractivity contribution in [3.63, 3.8) is 0 Å². The second-order valence-corrected chi connectivity index (χ2v) is 7.01. The van der Waals surface area contributed by atoms with Crippen LogP contribution in [0.3, 0.4) is 0 Å². The number of aromatic amines is 1.